The number of nitrogens with zero attached hydrogens (tertiary/aromatic N) is 2. The highest BCUT2D eigenvalue weighted by molar-refractivity contribution is 5.43. The number of anilines is 2. The molecule has 2 aromatic carbocycles. The number of hydrogen-bond donors (Lipinski definition) is 2. The number of hydrogen-bond acceptors (Lipinski definition) is 5. The first-order chi connectivity index (χ1) is 9.42. The molecule has 1 aliphatic rings. The van der Waals surface area contributed by atoms with Crippen LogP contribution < -0.4 is 10.9 Å². The van der Waals surface area contributed by atoms with E-state index in [1.54, 1.807) is 0 Å². The standard InChI is InChI=1S/C14H16N4O/c1-3-7-13(8-4-1)15-17-11-19-12-18(17)16-14-9-5-2-6-10-14/h1-10,15-16H,11-12H2. The maximum absolute atomic E-state index is 5.44. The van der Waals surface area contributed by atoms with Gasteiger partial charge in [0.25, 0.3) is 0 Å². The molecule has 2 aromatic rings. The topological polar surface area (TPSA) is 39.8 Å². The van der Waals surface area contributed by atoms with Crippen LogP contribution in [0.4, 0.5) is 11.4 Å². The van der Waals surface area contributed by atoms with E-state index in [1.165, 1.54) is 0 Å². The zero-order valence-corrected chi connectivity index (χ0v) is 10.5. The molecule has 0 saturated carbocycles. The van der Waals surface area contributed by atoms with Crippen molar-refractivity contribution in [2.75, 3.05) is 24.3 Å². The molecule has 3 rings (SSSR count). The predicted octanol–water partition coefficient (Wildman–Crippen LogP) is 2.50. The van der Waals surface area contributed by atoms with Crippen LogP contribution in [-0.4, -0.2) is 23.7 Å². The average molecular weight is 256 g/mol. The summed E-state index contributed by atoms with van der Waals surface area (Å²) in [7, 11) is 0. The lowest BCUT2D eigenvalue weighted by molar-refractivity contribution is 0.0855. The summed E-state index contributed by atoms with van der Waals surface area (Å²) in [6, 6.07) is 20.0. The van der Waals surface area contributed by atoms with E-state index in [-0.39, 0.29) is 0 Å². The fraction of sp³-hybridized carbons (Fsp3) is 0.143. The molecular formula is C14H16N4O. The van der Waals surface area contributed by atoms with Crippen LogP contribution in [0.15, 0.2) is 60.7 Å². The maximum atomic E-state index is 5.44. The molecule has 98 valence electrons. The minimum absolute atomic E-state index is 0.495. The molecule has 0 unspecified atom stereocenters. The minimum atomic E-state index is 0.495. The summed E-state index contributed by atoms with van der Waals surface area (Å²) in [5.41, 5.74) is 8.61. The van der Waals surface area contributed by atoms with Crippen LogP contribution in [0.25, 0.3) is 0 Å². The van der Waals surface area contributed by atoms with Gasteiger partial charge in [0.05, 0.1) is 11.4 Å². The minimum Gasteiger partial charge on any atom is -0.344 e. The molecule has 0 radical (unpaired) electrons. The first-order valence-corrected chi connectivity index (χ1v) is 6.18. The first-order valence-electron chi connectivity index (χ1n) is 6.18. The SMILES string of the molecule is c1ccc(NN2COCN2Nc2ccccc2)cc1. The Kier molecular flexibility index (Phi) is 3.60. The number of hydrazine groups is 3. The highest BCUT2D eigenvalue weighted by atomic mass is 16.6. The molecule has 0 aromatic heterocycles. The van der Waals surface area contributed by atoms with Crippen molar-refractivity contribution < 1.29 is 4.74 Å². The second kappa shape index (κ2) is 5.71. The number of ether oxygens (including phenoxy) is 1. The smallest absolute Gasteiger partial charge is 0.136 e. The molecule has 0 spiro atoms. The highest BCUT2D eigenvalue weighted by Crippen LogP contribution is 2.15. The lowest BCUT2D eigenvalue weighted by atomic mass is 10.3. The maximum Gasteiger partial charge on any atom is 0.136 e. The lowest BCUT2D eigenvalue weighted by Gasteiger charge is -2.27. The van der Waals surface area contributed by atoms with Gasteiger partial charge in [0.2, 0.25) is 0 Å². The summed E-state index contributed by atoms with van der Waals surface area (Å²) in [5.74, 6) is 0. The third-order valence-electron chi connectivity index (χ3n) is 2.78. The van der Waals surface area contributed by atoms with Crippen molar-refractivity contribution in [3.8, 4) is 0 Å². The third-order valence-corrected chi connectivity index (χ3v) is 2.78. The summed E-state index contributed by atoms with van der Waals surface area (Å²) in [5, 5.41) is 3.78. The van der Waals surface area contributed by atoms with Gasteiger partial charge in [-0.3, -0.25) is 0 Å². The molecule has 1 heterocycles. The van der Waals surface area contributed by atoms with Gasteiger partial charge in [-0.15, -0.1) is 10.2 Å². The molecule has 0 bridgehead atoms. The Morgan fingerprint density at radius 1 is 0.684 bits per heavy atom. The van der Waals surface area contributed by atoms with E-state index in [9.17, 15) is 0 Å². The van der Waals surface area contributed by atoms with Gasteiger partial charge in [-0.1, -0.05) is 36.4 Å². The van der Waals surface area contributed by atoms with E-state index in [1.807, 2.05) is 70.9 Å². The van der Waals surface area contributed by atoms with Gasteiger partial charge in [0.1, 0.15) is 13.5 Å². The Bertz CT molecular complexity index is 458. The van der Waals surface area contributed by atoms with Crippen LogP contribution in [0, 0.1) is 0 Å². The average Bonchev–Trinajstić information content (AvgIpc) is 2.88. The van der Waals surface area contributed by atoms with Crippen molar-refractivity contribution in [1.29, 1.82) is 0 Å². The molecule has 2 N–H and O–H groups in total. The Balaban J connectivity index is 1.65. The summed E-state index contributed by atoms with van der Waals surface area (Å²) in [6.07, 6.45) is 0. The van der Waals surface area contributed by atoms with Crippen LogP contribution in [0.3, 0.4) is 0 Å². The van der Waals surface area contributed by atoms with Crippen molar-refractivity contribution in [1.82, 2.24) is 10.2 Å². The molecular weight excluding hydrogens is 240 g/mol. The van der Waals surface area contributed by atoms with Crippen molar-refractivity contribution in [3.63, 3.8) is 0 Å². The van der Waals surface area contributed by atoms with Gasteiger partial charge < -0.3 is 15.6 Å². The zero-order valence-electron chi connectivity index (χ0n) is 10.5. The molecule has 1 aliphatic heterocycles. The van der Waals surface area contributed by atoms with E-state index in [2.05, 4.69) is 10.9 Å². The van der Waals surface area contributed by atoms with E-state index in [0.29, 0.717) is 13.5 Å². The highest BCUT2D eigenvalue weighted by Gasteiger charge is 2.22. The fourth-order valence-electron chi connectivity index (χ4n) is 1.86. The van der Waals surface area contributed by atoms with Gasteiger partial charge in [0, 0.05) is 0 Å². The number of rotatable bonds is 4. The van der Waals surface area contributed by atoms with Crippen molar-refractivity contribution >= 4 is 11.4 Å². The Labute approximate surface area is 112 Å². The lowest BCUT2D eigenvalue weighted by Crippen LogP contribution is -2.44. The van der Waals surface area contributed by atoms with Gasteiger partial charge in [-0.25, -0.2) is 0 Å². The summed E-state index contributed by atoms with van der Waals surface area (Å²) < 4.78 is 5.44. The monoisotopic (exact) mass is 256 g/mol. The normalized spacial score (nSPS) is 16.4. The summed E-state index contributed by atoms with van der Waals surface area (Å²) >= 11 is 0. The van der Waals surface area contributed by atoms with Gasteiger partial charge in [-0.2, -0.15) is 0 Å². The van der Waals surface area contributed by atoms with E-state index in [0.717, 1.165) is 11.4 Å². The molecule has 0 atom stereocenters. The predicted molar refractivity (Wildman–Crippen MR) is 74.6 cm³/mol. The quantitative estimate of drug-likeness (QED) is 0.879. The Morgan fingerprint density at radius 2 is 1.11 bits per heavy atom. The summed E-state index contributed by atoms with van der Waals surface area (Å²) in [4.78, 5) is 0. The van der Waals surface area contributed by atoms with Crippen LogP contribution >= 0.6 is 0 Å². The fourth-order valence-corrected chi connectivity index (χ4v) is 1.86. The van der Waals surface area contributed by atoms with Crippen LogP contribution in [0.2, 0.25) is 0 Å². The van der Waals surface area contributed by atoms with E-state index < -0.39 is 0 Å². The van der Waals surface area contributed by atoms with Crippen molar-refractivity contribution in [2.45, 2.75) is 0 Å². The summed E-state index contributed by atoms with van der Waals surface area (Å²) in [6.45, 7) is 0.990. The van der Waals surface area contributed by atoms with Gasteiger partial charge in [-0.05, 0) is 24.3 Å². The Hall–Kier alpha value is -2.08. The molecule has 1 saturated heterocycles. The van der Waals surface area contributed by atoms with E-state index >= 15 is 0 Å². The van der Waals surface area contributed by atoms with Gasteiger partial charge in [0.15, 0.2) is 0 Å². The van der Waals surface area contributed by atoms with Crippen molar-refractivity contribution in [2.24, 2.45) is 0 Å². The van der Waals surface area contributed by atoms with Crippen LogP contribution in [0.5, 0.6) is 0 Å². The third kappa shape index (κ3) is 3.03. The molecule has 5 heteroatoms. The number of benzene rings is 2. The largest absolute Gasteiger partial charge is 0.344 e. The Morgan fingerprint density at radius 3 is 1.53 bits per heavy atom. The van der Waals surface area contributed by atoms with Gasteiger partial charge >= 0.3 is 0 Å². The number of nitrogens with one attached hydrogen (secondary N) is 2. The van der Waals surface area contributed by atoms with Crippen LogP contribution in [0.1, 0.15) is 0 Å². The zero-order chi connectivity index (χ0) is 12.9. The first kappa shape index (κ1) is 12.0. The van der Waals surface area contributed by atoms with Crippen molar-refractivity contribution in [3.05, 3.63) is 60.7 Å². The van der Waals surface area contributed by atoms with E-state index in [4.69, 9.17) is 4.74 Å². The molecule has 5 nitrogen and oxygen atoms in total. The second-order valence-corrected chi connectivity index (χ2v) is 4.22. The molecule has 0 aliphatic carbocycles. The molecule has 1 fully saturated rings. The molecule has 19 heavy (non-hydrogen) atoms. The second-order valence-electron chi connectivity index (χ2n) is 4.22. The molecule has 0 amide bonds. The number of para-hydroxylation sites is 2. The van der Waals surface area contributed by atoms with Crippen LogP contribution in [-0.2, 0) is 4.74 Å².